The van der Waals surface area contributed by atoms with Crippen molar-refractivity contribution in [2.75, 3.05) is 6.54 Å². The van der Waals surface area contributed by atoms with E-state index in [4.69, 9.17) is 4.74 Å². The van der Waals surface area contributed by atoms with Crippen molar-refractivity contribution in [2.24, 2.45) is 0 Å². The van der Waals surface area contributed by atoms with E-state index in [2.05, 4.69) is 0 Å². The number of para-hydroxylation sites is 1. The number of nitrogens with zero attached hydrogens (tertiary/aromatic N) is 1. The number of amides is 1. The lowest BCUT2D eigenvalue weighted by atomic mass is 10.3. The van der Waals surface area contributed by atoms with E-state index in [0.29, 0.717) is 12.3 Å². The Labute approximate surface area is 95.3 Å². The molecule has 3 heteroatoms. The molecule has 1 aromatic rings. The highest BCUT2D eigenvalue weighted by atomic mass is 16.5. The van der Waals surface area contributed by atoms with Gasteiger partial charge in [0.25, 0.3) is 0 Å². The van der Waals surface area contributed by atoms with Crippen LogP contribution in [0.15, 0.2) is 42.3 Å². The number of carbonyl (C=O) groups is 1. The van der Waals surface area contributed by atoms with Crippen LogP contribution in [-0.2, 0) is 4.79 Å². The molecule has 1 amide bonds. The minimum atomic E-state index is 0.111. The lowest BCUT2D eigenvalue weighted by molar-refractivity contribution is -0.129. The lowest BCUT2D eigenvalue weighted by Gasteiger charge is -2.19. The fourth-order valence-electron chi connectivity index (χ4n) is 1.68. The summed E-state index contributed by atoms with van der Waals surface area (Å²) in [6.07, 6.45) is 3.34. The Balaban J connectivity index is 2.07. The minimum absolute atomic E-state index is 0.111. The first kappa shape index (κ1) is 10.7. The van der Waals surface area contributed by atoms with Crippen LogP contribution < -0.4 is 4.74 Å². The summed E-state index contributed by atoms with van der Waals surface area (Å²) in [6.45, 7) is 2.59. The van der Waals surface area contributed by atoms with Gasteiger partial charge in [-0.1, -0.05) is 25.1 Å². The van der Waals surface area contributed by atoms with Gasteiger partial charge in [0.15, 0.2) is 5.88 Å². The number of hydrogen-bond acceptors (Lipinski definition) is 2. The molecule has 1 aliphatic rings. The van der Waals surface area contributed by atoms with Gasteiger partial charge in [-0.05, 0) is 24.6 Å². The molecule has 1 heterocycles. The third-order valence-corrected chi connectivity index (χ3v) is 2.51. The van der Waals surface area contributed by atoms with Crippen molar-refractivity contribution in [1.82, 2.24) is 4.90 Å². The molecule has 0 aliphatic carbocycles. The Morgan fingerprint density at radius 2 is 2.12 bits per heavy atom. The summed E-state index contributed by atoms with van der Waals surface area (Å²) in [6, 6.07) is 9.53. The molecule has 2 rings (SSSR count). The Bertz CT molecular complexity index is 398. The van der Waals surface area contributed by atoms with E-state index >= 15 is 0 Å². The predicted octanol–water partition coefficient (Wildman–Crippen LogP) is 2.55. The number of ether oxygens (including phenoxy) is 1. The highest BCUT2D eigenvalue weighted by Crippen LogP contribution is 2.21. The van der Waals surface area contributed by atoms with Crippen molar-refractivity contribution in [3.63, 3.8) is 0 Å². The van der Waals surface area contributed by atoms with Crippen molar-refractivity contribution in [3.8, 4) is 5.75 Å². The topological polar surface area (TPSA) is 29.5 Å². The summed E-state index contributed by atoms with van der Waals surface area (Å²) in [5, 5.41) is 0. The molecule has 0 atom stereocenters. The lowest BCUT2D eigenvalue weighted by Crippen LogP contribution is -2.29. The molecular formula is C13H15NO2. The van der Waals surface area contributed by atoms with Gasteiger partial charge in [-0.25, -0.2) is 0 Å². The summed E-state index contributed by atoms with van der Waals surface area (Å²) in [4.78, 5) is 13.3. The number of benzene rings is 1. The van der Waals surface area contributed by atoms with E-state index in [1.165, 1.54) is 0 Å². The SMILES string of the molecule is CCC(=O)N1CCC=C1Oc1ccccc1. The molecule has 0 spiro atoms. The number of carbonyl (C=O) groups excluding carboxylic acids is 1. The molecule has 0 saturated carbocycles. The van der Waals surface area contributed by atoms with Gasteiger partial charge in [-0.15, -0.1) is 0 Å². The van der Waals surface area contributed by atoms with E-state index in [9.17, 15) is 4.79 Å². The molecule has 1 aromatic carbocycles. The average Bonchev–Trinajstić information content (AvgIpc) is 2.77. The van der Waals surface area contributed by atoms with Gasteiger partial charge in [0.1, 0.15) is 5.75 Å². The second-order valence-corrected chi connectivity index (χ2v) is 3.65. The molecule has 0 unspecified atom stereocenters. The van der Waals surface area contributed by atoms with E-state index < -0.39 is 0 Å². The molecule has 3 nitrogen and oxygen atoms in total. The average molecular weight is 217 g/mol. The molecule has 0 radical (unpaired) electrons. The molecule has 1 aliphatic heterocycles. The van der Waals surface area contributed by atoms with Crippen molar-refractivity contribution in [2.45, 2.75) is 19.8 Å². The van der Waals surface area contributed by atoms with Gasteiger partial charge in [-0.3, -0.25) is 9.69 Å². The molecule has 0 aromatic heterocycles. The van der Waals surface area contributed by atoms with Crippen LogP contribution in [-0.4, -0.2) is 17.4 Å². The zero-order valence-electron chi connectivity index (χ0n) is 9.35. The van der Waals surface area contributed by atoms with Crippen LogP contribution in [0.25, 0.3) is 0 Å². The van der Waals surface area contributed by atoms with E-state index in [0.717, 1.165) is 18.7 Å². The third kappa shape index (κ3) is 2.24. The monoisotopic (exact) mass is 217 g/mol. The maximum absolute atomic E-state index is 11.6. The van der Waals surface area contributed by atoms with Crippen molar-refractivity contribution in [1.29, 1.82) is 0 Å². The largest absolute Gasteiger partial charge is 0.441 e. The smallest absolute Gasteiger partial charge is 0.229 e. The van der Waals surface area contributed by atoms with Gasteiger partial charge in [0.2, 0.25) is 5.91 Å². The van der Waals surface area contributed by atoms with Crippen LogP contribution in [0.3, 0.4) is 0 Å². The van der Waals surface area contributed by atoms with Crippen LogP contribution in [0.4, 0.5) is 0 Å². The molecule has 0 saturated heterocycles. The summed E-state index contributed by atoms with van der Waals surface area (Å²) in [7, 11) is 0. The summed E-state index contributed by atoms with van der Waals surface area (Å²) >= 11 is 0. The van der Waals surface area contributed by atoms with Crippen LogP contribution in [0, 0.1) is 0 Å². The van der Waals surface area contributed by atoms with Crippen LogP contribution in [0.1, 0.15) is 19.8 Å². The highest BCUT2D eigenvalue weighted by molar-refractivity contribution is 5.77. The Morgan fingerprint density at radius 3 is 2.81 bits per heavy atom. The third-order valence-electron chi connectivity index (χ3n) is 2.51. The quantitative estimate of drug-likeness (QED) is 0.778. The Kier molecular flexibility index (Phi) is 3.25. The van der Waals surface area contributed by atoms with E-state index in [-0.39, 0.29) is 5.91 Å². The van der Waals surface area contributed by atoms with Gasteiger partial charge >= 0.3 is 0 Å². The zero-order valence-corrected chi connectivity index (χ0v) is 9.35. The minimum Gasteiger partial charge on any atom is -0.441 e. The van der Waals surface area contributed by atoms with E-state index in [1.807, 2.05) is 43.3 Å². The van der Waals surface area contributed by atoms with E-state index in [1.54, 1.807) is 4.90 Å². The maximum Gasteiger partial charge on any atom is 0.229 e. The Morgan fingerprint density at radius 1 is 1.38 bits per heavy atom. The van der Waals surface area contributed by atoms with Crippen LogP contribution in [0.2, 0.25) is 0 Å². The zero-order chi connectivity index (χ0) is 11.4. The predicted molar refractivity (Wildman–Crippen MR) is 61.8 cm³/mol. The number of rotatable bonds is 3. The summed E-state index contributed by atoms with van der Waals surface area (Å²) in [5.74, 6) is 1.54. The summed E-state index contributed by atoms with van der Waals surface area (Å²) in [5.41, 5.74) is 0. The fourth-order valence-corrected chi connectivity index (χ4v) is 1.68. The highest BCUT2D eigenvalue weighted by Gasteiger charge is 2.22. The van der Waals surface area contributed by atoms with Gasteiger partial charge in [0, 0.05) is 13.0 Å². The first-order chi connectivity index (χ1) is 7.81. The van der Waals surface area contributed by atoms with Crippen LogP contribution in [0.5, 0.6) is 5.75 Å². The van der Waals surface area contributed by atoms with Crippen molar-refractivity contribution < 1.29 is 9.53 Å². The van der Waals surface area contributed by atoms with Crippen molar-refractivity contribution in [3.05, 3.63) is 42.3 Å². The summed E-state index contributed by atoms with van der Waals surface area (Å²) < 4.78 is 5.68. The second kappa shape index (κ2) is 4.84. The Hall–Kier alpha value is -1.77. The normalized spacial score (nSPS) is 14.8. The van der Waals surface area contributed by atoms with Gasteiger partial charge < -0.3 is 4.74 Å². The molecule has 0 bridgehead atoms. The molecule has 0 N–H and O–H groups in total. The van der Waals surface area contributed by atoms with Crippen LogP contribution >= 0.6 is 0 Å². The fraction of sp³-hybridized carbons (Fsp3) is 0.308. The maximum atomic E-state index is 11.6. The molecule has 16 heavy (non-hydrogen) atoms. The second-order valence-electron chi connectivity index (χ2n) is 3.65. The first-order valence-electron chi connectivity index (χ1n) is 5.54. The molecule has 84 valence electrons. The molecular weight excluding hydrogens is 202 g/mol. The van der Waals surface area contributed by atoms with Gasteiger partial charge in [0.05, 0.1) is 0 Å². The first-order valence-corrected chi connectivity index (χ1v) is 5.54. The van der Waals surface area contributed by atoms with Crippen molar-refractivity contribution >= 4 is 5.91 Å². The molecule has 0 fully saturated rings. The number of hydrogen-bond donors (Lipinski definition) is 0. The van der Waals surface area contributed by atoms with Gasteiger partial charge in [-0.2, -0.15) is 0 Å². The standard InChI is InChI=1S/C13H15NO2/c1-2-12(15)14-10-6-9-13(14)16-11-7-4-3-5-8-11/h3-5,7-9H,2,6,10H2,1H3.